The summed E-state index contributed by atoms with van der Waals surface area (Å²) in [6, 6.07) is 21.3. The van der Waals surface area contributed by atoms with Gasteiger partial charge in [0, 0.05) is 10.2 Å². The third-order valence-electron chi connectivity index (χ3n) is 4.35. The number of carbonyl (C=O) groups is 1. The average molecular weight is 449 g/mol. The highest BCUT2D eigenvalue weighted by atomic mass is 79.9. The SMILES string of the molecule is Cc1ccc(NC(=O)/C(C#N)=C/c2ccc(Cc3cccc(F)c3)c(Br)c2)cc1. The molecule has 0 aromatic heterocycles. The zero-order valence-electron chi connectivity index (χ0n) is 15.7. The van der Waals surface area contributed by atoms with Crippen molar-refractivity contribution >= 4 is 33.6 Å². The van der Waals surface area contributed by atoms with Gasteiger partial charge in [0.15, 0.2) is 0 Å². The second-order valence-corrected chi connectivity index (χ2v) is 7.50. The van der Waals surface area contributed by atoms with Crippen molar-refractivity contribution in [3.05, 3.63) is 105 Å². The van der Waals surface area contributed by atoms with Gasteiger partial charge in [0.2, 0.25) is 0 Å². The second-order valence-electron chi connectivity index (χ2n) is 6.65. The molecule has 1 N–H and O–H groups in total. The maximum Gasteiger partial charge on any atom is 0.266 e. The third-order valence-corrected chi connectivity index (χ3v) is 5.08. The van der Waals surface area contributed by atoms with E-state index in [0.717, 1.165) is 26.7 Å². The van der Waals surface area contributed by atoms with Gasteiger partial charge in [0.25, 0.3) is 5.91 Å². The summed E-state index contributed by atoms with van der Waals surface area (Å²) in [4.78, 5) is 12.4. The Morgan fingerprint density at radius 2 is 1.90 bits per heavy atom. The van der Waals surface area contributed by atoms with Crippen LogP contribution in [0.5, 0.6) is 0 Å². The Hall–Kier alpha value is -3.23. The molecule has 0 unspecified atom stereocenters. The largest absolute Gasteiger partial charge is 0.321 e. The summed E-state index contributed by atoms with van der Waals surface area (Å²) in [5.41, 5.74) is 4.29. The maximum atomic E-state index is 13.4. The molecular formula is C24H18BrFN2O. The lowest BCUT2D eigenvalue weighted by Gasteiger charge is -2.07. The van der Waals surface area contributed by atoms with E-state index >= 15 is 0 Å². The summed E-state index contributed by atoms with van der Waals surface area (Å²) in [5.74, 6) is -0.729. The number of nitriles is 1. The molecule has 0 spiro atoms. The zero-order chi connectivity index (χ0) is 20.8. The van der Waals surface area contributed by atoms with E-state index in [0.29, 0.717) is 12.1 Å². The Bertz CT molecular complexity index is 1110. The van der Waals surface area contributed by atoms with Crippen molar-refractivity contribution in [2.45, 2.75) is 13.3 Å². The monoisotopic (exact) mass is 448 g/mol. The zero-order valence-corrected chi connectivity index (χ0v) is 17.3. The van der Waals surface area contributed by atoms with Crippen molar-refractivity contribution in [2.75, 3.05) is 5.32 Å². The minimum atomic E-state index is -0.462. The molecule has 29 heavy (non-hydrogen) atoms. The number of nitrogens with one attached hydrogen (secondary N) is 1. The van der Waals surface area contributed by atoms with E-state index in [-0.39, 0.29) is 11.4 Å². The fourth-order valence-corrected chi connectivity index (χ4v) is 3.35. The third kappa shape index (κ3) is 5.63. The van der Waals surface area contributed by atoms with Crippen LogP contribution >= 0.6 is 15.9 Å². The fourth-order valence-electron chi connectivity index (χ4n) is 2.81. The van der Waals surface area contributed by atoms with Crippen molar-refractivity contribution in [2.24, 2.45) is 0 Å². The Morgan fingerprint density at radius 3 is 2.55 bits per heavy atom. The number of aryl methyl sites for hydroxylation is 1. The van der Waals surface area contributed by atoms with Gasteiger partial charge in [-0.05, 0) is 66.4 Å². The topological polar surface area (TPSA) is 52.9 Å². The minimum absolute atomic E-state index is 0.00959. The molecule has 144 valence electrons. The number of hydrogen-bond donors (Lipinski definition) is 1. The number of anilines is 1. The van der Waals surface area contributed by atoms with Crippen LogP contribution in [0.2, 0.25) is 0 Å². The van der Waals surface area contributed by atoms with E-state index in [9.17, 15) is 14.4 Å². The molecule has 0 heterocycles. The van der Waals surface area contributed by atoms with Crippen molar-refractivity contribution in [3.8, 4) is 6.07 Å². The van der Waals surface area contributed by atoms with Crippen LogP contribution in [0.4, 0.5) is 10.1 Å². The van der Waals surface area contributed by atoms with E-state index in [1.165, 1.54) is 12.1 Å². The van der Waals surface area contributed by atoms with Crippen LogP contribution in [0.15, 0.2) is 76.8 Å². The van der Waals surface area contributed by atoms with Crippen LogP contribution < -0.4 is 5.32 Å². The highest BCUT2D eigenvalue weighted by molar-refractivity contribution is 9.10. The lowest BCUT2D eigenvalue weighted by molar-refractivity contribution is -0.112. The summed E-state index contributed by atoms with van der Waals surface area (Å²) >= 11 is 3.53. The van der Waals surface area contributed by atoms with Gasteiger partial charge in [-0.25, -0.2) is 4.39 Å². The molecule has 0 bridgehead atoms. The predicted octanol–water partition coefficient (Wildman–Crippen LogP) is 6.03. The number of carbonyl (C=O) groups excluding carboxylic acids is 1. The number of benzene rings is 3. The van der Waals surface area contributed by atoms with E-state index in [2.05, 4.69) is 21.2 Å². The predicted molar refractivity (Wildman–Crippen MR) is 117 cm³/mol. The van der Waals surface area contributed by atoms with Crippen LogP contribution in [0, 0.1) is 24.1 Å². The molecule has 3 aromatic rings. The van der Waals surface area contributed by atoms with Crippen LogP contribution in [0.3, 0.4) is 0 Å². The maximum absolute atomic E-state index is 13.4. The number of rotatable bonds is 5. The molecule has 3 nitrogen and oxygen atoms in total. The molecule has 3 aromatic carbocycles. The van der Waals surface area contributed by atoms with Crippen molar-refractivity contribution < 1.29 is 9.18 Å². The van der Waals surface area contributed by atoms with Crippen molar-refractivity contribution in [1.29, 1.82) is 5.26 Å². The summed E-state index contributed by atoms with van der Waals surface area (Å²) in [6.07, 6.45) is 2.11. The van der Waals surface area contributed by atoms with Crippen LogP contribution in [-0.4, -0.2) is 5.91 Å². The highest BCUT2D eigenvalue weighted by Crippen LogP contribution is 2.23. The molecule has 0 atom stereocenters. The first-order valence-electron chi connectivity index (χ1n) is 8.97. The molecule has 5 heteroatoms. The Labute approximate surface area is 177 Å². The van der Waals surface area contributed by atoms with E-state index < -0.39 is 5.91 Å². The Morgan fingerprint density at radius 1 is 1.14 bits per heavy atom. The molecule has 0 fully saturated rings. The molecule has 0 radical (unpaired) electrons. The molecule has 3 rings (SSSR count). The minimum Gasteiger partial charge on any atom is -0.321 e. The van der Waals surface area contributed by atoms with Crippen LogP contribution in [-0.2, 0) is 11.2 Å². The summed E-state index contributed by atoms with van der Waals surface area (Å²) in [7, 11) is 0. The summed E-state index contributed by atoms with van der Waals surface area (Å²) < 4.78 is 14.2. The summed E-state index contributed by atoms with van der Waals surface area (Å²) in [6.45, 7) is 1.96. The molecular weight excluding hydrogens is 431 g/mol. The van der Waals surface area contributed by atoms with Gasteiger partial charge in [-0.1, -0.05) is 57.9 Å². The molecule has 0 saturated carbocycles. The number of hydrogen-bond acceptors (Lipinski definition) is 2. The summed E-state index contributed by atoms with van der Waals surface area (Å²) in [5, 5.41) is 12.1. The van der Waals surface area contributed by atoms with Gasteiger partial charge in [0.1, 0.15) is 17.5 Å². The van der Waals surface area contributed by atoms with E-state index in [1.807, 2.05) is 49.4 Å². The van der Waals surface area contributed by atoms with E-state index in [4.69, 9.17) is 0 Å². The standard InChI is InChI=1S/C24H18BrFN2O/c1-16-5-9-22(10-6-16)28-24(29)20(15-27)12-18-7-8-19(23(25)14-18)11-17-3-2-4-21(26)13-17/h2-10,12-14H,11H2,1H3,(H,28,29)/b20-12+. The molecule has 0 aliphatic heterocycles. The molecule has 0 aliphatic carbocycles. The van der Waals surface area contributed by atoms with Gasteiger partial charge >= 0.3 is 0 Å². The van der Waals surface area contributed by atoms with Gasteiger partial charge < -0.3 is 5.32 Å². The highest BCUT2D eigenvalue weighted by Gasteiger charge is 2.10. The molecule has 0 aliphatic rings. The van der Waals surface area contributed by atoms with Gasteiger partial charge in [-0.2, -0.15) is 5.26 Å². The smallest absolute Gasteiger partial charge is 0.266 e. The van der Waals surface area contributed by atoms with Gasteiger partial charge in [-0.3, -0.25) is 4.79 Å². The number of amides is 1. The number of halogens is 2. The Balaban J connectivity index is 1.77. The Kier molecular flexibility index (Phi) is 6.58. The lowest BCUT2D eigenvalue weighted by atomic mass is 10.0. The quantitative estimate of drug-likeness (QED) is 0.382. The van der Waals surface area contributed by atoms with Crippen molar-refractivity contribution in [1.82, 2.24) is 0 Å². The lowest BCUT2D eigenvalue weighted by Crippen LogP contribution is -2.13. The average Bonchev–Trinajstić information content (AvgIpc) is 2.70. The fraction of sp³-hybridized carbons (Fsp3) is 0.0833. The van der Waals surface area contributed by atoms with E-state index in [1.54, 1.807) is 24.3 Å². The van der Waals surface area contributed by atoms with Crippen molar-refractivity contribution in [3.63, 3.8) is 0 Å². The van der Waals surface area contributed by atoms with Gasteiger partial charge in [-0.15, -0.1) is 0 Å². The first-order chi connectivity index (χ1) is 13.9. The normalized spacial score (nSPS) is 11.0. The van der Waals surface area contributed by atoms with Gasteiger partial charge in [0.05, 0.1) is 0 Å². The number of nitrogens with zero attached hydrogens (tertiary/aromatic N) is 1. The molecule has 0 saturated heterocycles. The van der Waals surface area contributed by atoms with Crippen LogP contribution in [0.25, 0.3) is 6.08 Å². The first-order valence-corrected chi connectivity index (χ1v) is 9.76. The first kappa shape index (κ1) is 20.5. The van der Waals surface area contributed by atoms with Crippen LogP contribution in [0.1, 0.15) is 22.3 Å². The second kappa shape index (κ2) is 9.31. The molecule has 1 amide bonds.